The van der Waals surface area contributed by atoms with E-state index in [0.717, 1.165) is 18.7 Å². The Bertz CT molecular complexity index is 580. The van der Waals surface area contributed by atoms with Gasteiger partial charge in [0.25, 0.3) is 5.91 Å². The van der Waals surface area contributed by atoms with Gasteiger partial charge in [-0.25, -0.2) is 0 Å². The molecule has 98 valence electrons. The summed E-state index contributed by atoms with van der Waals surface area (Å²) in [6, 6.07) is 5.73. The highest BCUT2D eigenvalue weighted by molar-refractivity contribution is 5.95. The number of carbonyl (C=O) groups is 1. The van der Waals surface area contributed by atoms with Gasteiger partial charge in [0.2, 0.25) is 5.89 Å². The van der Waals surface area contributed by atoms with Gasteiger partial charge in [-0.05, 0) is 30.2 Å². The van der Waals surface area contributed by atoms with Crippen molar-refractivity contribution in [3.8, 4) is 0 Å². The molecule has 1 aliphatic heterocycles. The second-order valence-corrected chi connectivity index (χ2v) is 4.39. The van der Waals surface area contributed by atoms with Crippen LogP contribution in [0.4, 0.5) is 5.69 Å². The van der Waals surface area contributed by atoms with Crippen LogP contribution in [0.1, 0.15) is 21.8 Å². The number of nitrogens with zero attached hydrogens (tertiary/aromatic N) is 2. The van der Waals surface area contributed by atoms with Crippen molar-refractivity contribution < 1.29 is 9.32 Å². The van der Waals surface area contributed by atoms with E-state index in [1.807, 2.05) is 18.2 Å². The Hall–Kier alpha value is -2.37. The van der Waals surface area contributed by atoms with Crippen molar-refractivity contribution in [1.29, 1.82) is 0 Å². The number of amides is 1. The first kappa shape index (κ1) is 11.7. The highest BCUT2D eigenvalue weighted by Crippen LogP contribution is 2.22. The van der Waals surface area contributed by atoms with Crippen molar-refractivity contribution in [2.45, 2.75) is 12.8 Å². The molecule has 0 spiro atoms. The summed E-state index contributed by atoms with van der Waals surface area (Å²) in [5.41, 5.74) is 3.01. The summed E-state index contributed by atoms with van der Waals surface area (Å²) in [4.78, 5) is 15.9. The van der Waals surface area contributed by atoms with Crippen LogP contribution in [0.25, 0.3) is 0 Å². The highest BCUT2D eigenvalue weighted by atomic mass is 16.5. The van der Waals surface area contributed by atoms with Crippen LogP contribution in [-0.2, 0) is 12.8 Å². The van der Waals surface area contributed by atoms with Gasteiger partial charge >= 0.3 is 0 Å². The third-order valence-electron chi connectivity index (χ3n) is 3.11. The number of anilines is 1. The van der Waals surface area contributed by atoms with Crippen LogP contribution in [0.2, 0.25) is 0 Å². The summed E-state index contributed by atoms with van der Waals surface area (Å²) >= 11 is 0. The average Bonchev–Trinajstić information content (AvgIpc) is 3.08. The highest BCUT2D eigenvalue weighted by Gasteiger charge is 2.13. The third kappa shape index (κ3) is 2.57. The Kier molecular flexibility index (Phi) is 3.14. The van der Waals surface area contributed by atoms with Gasteiger partial charge in [0, 0.05) is 30.8 Å². The van der Waals surface area contributed by atoms with Crippen molar-refractivity contribution >= 4 is 11.6 Å². The number of rotatable bonds is 4. The minimum absolute atomic E-state index is 0.0748. The first-order valence-corrected chi connectivity index (χ1v) is 6.23. The van der Waals surface area contributed by atoms with Crippen LogP contribution < -0.4 is 10.6 Å². The molecule has 2 N–H and O–H groups in total. The molecule has 6 heteroatoms. The summed E-state index contributed by atoms with van der Waals surface area (Å²) in [6.07, 6.45) is 2.86. The monoisotopic (exact) mass is 258 g/mol. The van der Waals surface area contributed by atoms with E-state index in [2.05, 4.69) is 20.8 Å². The molecule has 0 fully saturated rings. The van der Waals surface area contributed by atoms with Gasteiger partial charge < -0.3 is 15.2 Å². The zero-order valence-electron chi connectivity index (χ0n) is 10.3. The third-order valence-corrected chi connectivity index (χ3v) is 3.11. The van der Waals surface area contributed by atoms with Gasteiger partial charge in [0.05, 0.1) is 0 Å². The maximum absolute atomic E-state index is 12.0. The molecule has 1 amide bonds. The van der Waals surface area contributed by atoms with Gasteiger partial charge in [-0.15, -0.1) is 0 Å². The van der Waals surface area contributed by atoms with Crippen LogP contribution >= 0.6 is 0 Å². The standard InChI is InChI=1S/C13H14N4O2/c18-13(15-6-4-12-16-8-17-19-12)10-1-2-11-9(7-10)3-5-14-11/h1-2,7-8,14H,3-6H2,(H,15,18). The molecule has 0 radical (unpaired) electrons. The van der Waals surface area contributed by atoms with Crippen LogP contribution in [0.15, 0.2) is 29.0 Å². The number of nitrogens with one attached hydrogen (secondary N) is 2. The van der Waals surface area contributed by atoms with E-state index in [-0.39, 0.29) is 5.91 Å². The molecular weight excluding hydrogens is 244 g/mol. The second kappa shape index (κ2) is 5.09. The fourth-order valence-corrected chi connectivity index (χ4v) is 2.14. The molecule has 6 nitrogen and oxygen atoms in total. The van der Waals surface area contributed by atoms with E-state index in [1.54, 1.807) is 0 Å². The van der Waals surface area contributed by atoms with Crippen molar-refractivity contribution in [2.75, 3.05) is 18.4 Å². The van der Waals surface area contributed by atoms with Crippen molar-refractivity contribution in [2.24, 2.45) is 0 Å². The summed E-state index contributed by atoms with van der Waals surface area (Å²) in [5.74, 6) is 0.452. The average molecular weight is 258 g/mol. The van der Waals surface area contributed by atoms with Crippen LogP contribution in [0.5, 0.6) is 0 Å². The van der Waals surface area contributed by atoms with Crippen molar-refractivity contribution in [3.63, 3.8) is 0 Å². The number of hydrogen-bond acceptors (Lipinski definition) is 5. The van der Waals surface area contributed by atoms with E-state index < -0.39 is 0 Å². The Morgan fingerprint density at radius 3 is 3.26 bits per heavy atom. The molecule has 0 unspecified atom stereocenters. The van der Waals surface area contributed by atoms with E-state index in [0.29, 0.717) is 24.4 Å². The normalized spacial score (nSPS) is 12.8. The van der Waals surface area contributed by atoms with Crippen molar-refractivity contribution in [1.82, 2.24) is 15.5 Å². The van der Waals surface area contributed by atoms with E-state index in [1.165, 1.54) is 11.9 Å². The summed E-state index contributed by atoms with van der Waals surface area (Å²) < 4.78 is 4.86. The molecule has 1 aromatic heterocycles. The zero-order chi connectivity index (χ0) is 13.1. The first-order valence-electron chi connectivity index (χ1n) is 6.23. The minimum atomic E-state index is -0.0748. The summed E-state index contributed by atoms with van der Waals surface area (Å²) in [5, 5.41) is 9.62. The van der Waals surface area contributed by atoms with Crippen LogP contribution in [0, 0.1) is 0 Å². The summed E-state index contributed by atoms with van der Waals surface area (Å²) in [7, 11) is 0. The molecule has 2 aromatic rings. The number of benzene rings is 1. The molecule has 19 heavy (non-hydrogen) atoms. The predicted octanol–water partition coefficient (Wildman–Crippen LogP) is 1.01. The molecule has 2 heterocycles. The van der Waals surface area contributed by atoms with Gasteiger partial charge in [0.1, 0.15) is 0 Å². The lowest BCUT2D eigenvalue weighted by Gasteiger charge is -2.05. The maximum atomic E-state index is 12.0. The van der Waals surface area contributed by atoms with Gasteiger partial charge in [0.15, 0.2) is 6.33 Å². The largest absolute Gasteiger partial charge is 0.384 e. The topological polar surface area (TPSA) is 80.1 Å². The van der Waals surface area contributed by atoms with Gasteiger partial charge in [-0.1, -0.05) is 5.16 Å². The Balaban J connectivity index is 1.58. The molecular formula is C13H14N4O2. The Labute approximate surface area is 110 Å². The number of aromatic nitrogens is 2. The lowest BCUT2D eigenvalue weighted by atomic mass is 10.1. The number of hydrogen-bond donors (Lipinski definition) is 2. The molecule has 0 aliphatic carbocycles. The molecule has 0 saturated heterocycles. The molecule has 0 atom stereocenters. The smallest absolute Gasteiger partial charge is 0.251 e. The lowest BCUT2D eigenvalue weighted by Crippen LogP contribution is -2.25. The van der Waals surface area contributed by atoms with Crippen LogP contribution in [-0.4, -0.2) is 29.1 Å². The molecule has 0 bridgehead atoms. The quantitative estimate of drug-likeness (QED) is 0.855. The minimum Gasteiger partial charge on any atom is -0.384 e. The van der Waals surface area contributed by atoms with Crippen molar-refractivity contribution in [3.05, 3.63) is 41.5 Å². The molecule has 1 aromatic carbocycles. The molecule has 3 rings (SSSR count). The Morgan fingerprint density at radius 2 is 2.42 bits per heavy atom. The van der Waals surface area contributed by atoms with E-state index in [9.17, 15) is 4.79 Å². The van der Waals surface area contributed by atoms with Gasteiger partial charge in [-0.3, -0.25) is 4.79 Å². The van der Waals surface area contributed by atoms with E-state index >= 15 is 0 Å². The maximum Gasteiger partial charge on any atom is 0.251 e. The fraction of sp³-hybridized carbons (Fsp3) is 0.308. The molecule has 1 aliphatic rings. The second-order valence-electron chi connectivity index (χ2n) is 4.39. The number of fused-ring (bicyclic) bond motifs is 1. The van der Waals surface area contributed by atoms with Crippen LogP contribution in [0.3, 0.4) is 0 Å². The predicted molar refractivity (Wildman–Crippen MR) is 69.0 cm³/mol. The lowest BCUT2D eigenvalue weighted by molar-refractivity contribution is 0.0953. The van der Waals surface area contributed by atoms with E-state index in [4.69, 9.17) is 4.52 Å². The Morgan fingerprint density at radius 1 is 1.47 bits per heavy atom. The summed E-state index contributed by atoms with van der Waals surface area (Å²) in [6.45, 7) is 1.42. The zero-order valence-corrected chi connectivity index (χ0v) is 10.3. The molecule has 0 saturated carbocycles. The number of carbonyl (C=O) groups excluding carboxylic acids is 1. The SMILES string of the molecule is O=C(NCCc1ncno1)c1ccc2c(c1)CCN2. The fourth-order valence-electron chi connectivity index (χ4n) is 2.14. The van der Waals surface area contributed by atoms with Gasteiger partial charge in [-0.2, -0.15) is 4.98 Å². The first-order chi connectivity index (χ1) is 9.33.